The second kappa shape index (κ2) is 10.5. The van der Waals surface area contributed by atoms with Gasteiger partial charge in [0.2, 0.25) is 5.91 Å². The maximum absolute atomic E-state index is 12.1. The van der Waals surface area contributed by atoms with Gasteiger partial charge in [-0.2, -0.15) is 0 Å². The summed E-state index contributed by atoms with van der Waals surface area (Å²) in [6.07, 6.45) is 3.23. The Hall–Kier alpha value is -2.50. The second-order valence-corrected chi connectivity index (χ2v) is 8.00. The van der Waals surface area contributed by atoms with Crippen molar-refractivity contribution in [2.24, 2.45) is 0 Å². The fourth-order valence-corrected chi connectivity index (χ4v) is 3.40. The van der Waals surface area contributed by atoms with Crippen molar-refractivity contribution in [3.8, 4) is 17.1 Å². The van der Waals surface area contributed by atoms with Gasteiger partial charge in [0, 0.05) is 30.0 Å². The molecule has 0 aliphatic rings. The van der Waals surface area contributed by atoms with E-state index in [1.165, 1.54) is 0 Å². The summed E-state index contributed by atoms with van der Waals surface area (Å²) in [5.74, 6) is 1.85. The number of carbonyl (C=O) groups excluding carboxylic acids is 1. The molecule has 0 fully saturated rings. The quantitative estimate of drug-likeness (QED) is 0.455. The van der Waals surface area contributed by atoms with Crippen LogP contribution in [0.1, 0.15) is 31.7 Å². The Morgan fingerprint density at radius 3 is 2.60 bits per heavy atom. The van der Waals surface area contributed by atoms with Crippen molar-refractivity contribution in [3.05, 3.63) is 70.2 Å². The van der Waals surface area contributed by atoms with E-state index >= 15 is 0 Å². The third-order valence-corrected chi connectivity index (χ3v) is 4.89. The number of amides is 1. The lowest BCUT2D eigenvalue weighted by Crippen LogP contribution is -2.25. The Balaban J connectivity index is 1.42. The van der Waals surface area contributed by atoms with Crippen LogP contribution in [0.5, 0.6) is 5.75 Å². The number of oxazole rings is 1. The molecule has 0 atom stereocenters. The number of ether oxygens (including phenoxy) is 1. The Kier molecular flexibility index (Phi) is 7.77. The number of rotatable bonds is 9. The number of benzene rings is 2. The zero-order valence-electron chi connectivity index (χ0n) is 17.0. The van der Waals surface area contributed by atoms with E-state index in [1.807, 2.05) is 38.1 Å². The Bertz CT molecular complexity index is 984. The Morgan fingerprint density at radius 1 is 1.13 bits per heavy atom. The van der Waals surface area contributed by atoms with Crippen LogP contribution in [0.2, 0.25) is 10.0 Å². The maximum Gasteiger partial charge on any atom is 0.220 e. The van der Waals surface area contributed by atoms with Crippen LogP contribution in [-0.2, 0) is 17.6 Å². The van der Waals surface area contributed by atoms with Gasteiger partial charge >= 0.3 is 0 Å². The van der Waals surface area contributed by atoms with E-state index in [0.29, 0.717) is 46.6 Å². The van der Waals surface area contributed by atoms with Gasteiger partial charge < -0.3 is 14.5 Å². The molecule has 158 valence electrons. The number of hydrogen-bond donors (Lipinski definition) is 1. The van der Waals surface area contributed by atoms with Crippen molar-refractivity contribution < 1.29 is 13.9 Å². The van der Waals surface area contributed by atoms with Crippen molar-refractivity contribution in [2.75, 3.05) is 6.54 Å². The molecule has 0 saturated heterocycles. The molecule has 30 heavy (non-hydrogen) atoms. The van der Waals surface area contributed by atoms with Gasteiger partial charge in [0.1, 0.15) is 5.75 Å². The smallest absolute Gasteiger partial charge is 0.220 e. The van der Waals surface area contributed by atoms with Crippen LogP contribution in [0.3, 0.4) is 0 Å². The predicted molar refractivity (Wildman–Crippen MR) is 119 cm³/mol. The summed E-state index contributed by atoms with van der Waals surface area (Å²) in [5, 5.41) is 3.97. The molecule has 0 saturated carbocycles. The fourth-order valence-electron chi connectivity index (χ4n) is 2.90. The molecular weight excluding hydrogens is 423 g/mol. The van der Waals surface area contributed by atoms with E-state index in [9.17, 15) is 4.79 Å². The average Bonchev–Trinajstić information content (AvgIpc) is 3.16. The number of nitrogens with zero attached hydrogens (tertiary/aromatic N) is 1. The minimum atomic E-state index is -0.0426. The van der Waals surface area contributed by atoms with Crippen molar-refractivity contribution in [3.63, 3.8) is 0 Å². The summed E-state index contributed by atoms with van der Waals surface area (Å²) in [6.45, 7) is 4.56. The van der Waals surface area contributed by atoms with Crippen molar-refractivity contribution >= 4 is 29.1 Å². The van der Waals surface area contributed by atoms with Crippen LogP contribution < -0.4 is 10.1 Å². The minimum Gasteiger partial charge on any atom is -0.491 e. The molecule has 1 heterocycles. The van der Waals surface area contributed by atoms with Crippen LogP contribution in [0.15, 0.2) is 53.1 Å². The third-order valence-electron chi connectivity index (χ3n) is 4.35. The molecule has 0 aliphatic heterocycles. The summed E-state index contributed by atoms with van der Waals surface area (Å²) in [4.78, 5) is 16.3. The lowest BCUT2D eigenvalue weighted by Gasteiger charge is -2.10. The summed E-state index contributed by atoms with van der Waals surface area (Å²) >= 11 is 12.1. The largest absolute Gasteiger partial charge is 0.491 e. The van der Waals surface area contributed by atoms with Crippen LogP contribution in [0.25, 0.3) is 11.3 Å². The molecule has 0 bridgehead atoms. The van der Waals surface area contributed by atoms with Crippen molar-refractivity contribution in [1.29, 1.82) is 0 Å². The highest BCUT2D eigenvalue weighted by Crippen LogP contribution is 2.30. The number of nitrogens with one attached hydrogen (secondary N) is 1. The summed E-state index contributed by atoms with van der Waals surface area (Å²) in [6, 6.07) is 13.1. The first-order valence-corrected chi connectivity index (χ1v) is 10.6. The molecule has 7 heteroatoms. The summed E-state index contributed by atoms with van der Waals surface area (Å²) in [5.41, 5.74) is 1.86. The number of aromatic nitrogens is 1. The molecule has 1 aromatic heterocycles. The number of carbonyl (C=O) groups is 1. The molecule has 0 radical (unpaired) electrons. The molecule has 1 N–H and O–H groups in total. The SMILES string of the molecule is CC(C)Oc1ccc(CCNC(=O)CCc2ncc(-c3ccc(Cl)cc3Cl)o2)cc1. The molecule has 3 aromatic rings. The van der Waals surface area contributed by atoms with E-state index in [-0.39, 0.29) is 12.0 Å². The van der Waals surface area contributed by atoms with Crippen molar-refractivity contribution in [2.45, 2.75) is 39.2 Å². The highest BCUT2D eigenvalue weighted by molar-refractivity contribution is 6.36. The van der Waals surface area contributed by atoms with Crippen LogP contribution in [0.4, 0.5) is 0 Å². The number of aryl methyl sites for hydroxylation is 1. The minimum absolute atomic E-state index is 0.0426. The average molecular weight is 447 g/mol. The summed E-state index contributed by atoms with van der Waals surface area (Å²) < 4.78 is 11.4. The van der Waals surface area contributed by atoms with Gasteiger partial charge in [0.25, 0.3) is 0 Å². The third kappa shape index (κ3) is 6.51. The van der Waals surface area contributed by atoms with Gasteiger partial charge in [-0.1, -0.05) is 35.3 Å². The Labute approximate surface area is 186 Å². The molecule has 1 amide bonds. The molecule has 0 aliphatic carbocycles. The highest BCUT2D eigenvalue weighted by atomic mass is 35.5. The monoisotopic (exact) mass is 446 g/mol. The van der Waals surface area contributed by atoms with E-state index in [1.54, 1.807) is 24.4 Å². The first kappa shape index (κ1) is 22.2. The van der Waals surface area contributed by atoms with Crippen LogP contribution in [0, 0.1) is 0 Å². The van der Waals surface area contributed by atoms with Gasteiger partial charge in [-0.15, -0.1) is 0 Å². The lowest BCUT2D eigenvalue weighted by molar-refractivity contribution is -0.121. The second-order valence-electron chi connectivity index (χ2n) is 7.15. The van der Waals surface area contributed by atoms with Gasteiger partial charge in [0.05, 0.1) is 17.3 Å². The van der Waals surface area contributed by atoms with Crippen molar-refractivity contribution in [1.82, 2.24) is 10.3 Å². The van der Waals surface area contributed by atoms with Gasteiger partial charge in [-0.3, -0.25) is 4.79 Å². The van der Waals surface area contributed by atoms with Crippen LogP contribution in [-0.4, -0.2) is 23.5 Å². The molecule has 0 spiro atoms. The Morgan fingerprint density at radius 2 is 1.90 bits per heavy atom. The number of halogens is 2. The van der Waals surface area contributed by atoms with E-state index in [4.69, 9.17) is 32.4 Å². The lowest BCUT2D eigenvalue weighted by atomic mass is 10.1. The highest BCUT2D eigenvalue weighted by Gasteiger charge is 2.12. The van der Waals surface area contributed by atoms with Gasteiger partial charge in [-0.25, -0.2) is 4.98 Å². The molecule has 5 nitrogen and oxygen atoms in total. The van der Waals surface area contributed by atoms with E-state index in [0.717, 1.165) is 17.7 Å². The topological polar surface area (TPSA) is 64.4 Å². The zero-order chi connectivity index (χ0) is 21.5. The first-order chi connectivity index (χ1) is 14.4. The summed E-state index contributed by atoms with van der Waals surface area (Å²) in [7, 11) is 0. The van der Waals surface area contributed by atoms with Gasteiger partial charge in [-0.05, 0) is 56.2 Å². The molecule has 0 unspecified atom stereocenters. The van der Waals surface area contributed by atoms with E-state index in [2.05, 4.69) is 10.3 Å². The first-order valence-electron chi connectivity index (χ1n) is 9.83. The standard InChI is InChI=1S/C23H24Cl2N2O3/c1-15(2)29-18-6-3-16(4-7-18)11-12-26-22(28)9-10-23-27-14-21(30-23)19-8-5-17(24)13-20(19)25/h3-8,13-15H,9-12H2,1-2H3,(H,26,28). The maximum atomic E-state index is 12.1. The molecule has 2 aromatic carbocycles. The van der Waals surface area contributed by atoms with Crippen LogP contribution >= 0.6 is 23.2 Å². The zero-order valence-corrected chi connectivity index (χ0v) is 18.5. The van der Waals surface area contributed by atoms with E-state index < -0.39 is 0 Å². The number of hydrogen-bond acceptors (Lipinski definition) is 4. The van der Waals surface area contributed by atoms with Gasteiger partial charge in [0.15, 0.2) is 11.7 Å². The molecular formula is C23H24Cl2N2O3. The molecule has 3 rings (SSSR count). The fraction of sp³-hybridized carbons (Fsp3) is 0.304. The predicted octanol–water partition coefficient (Wildman–Crippen LogP) is 5.73. The normalized spacial score (nSPS) is 11.0.